The molecular formula is C40H62Cl2N8O5. The Morgan fingerprint density at radius 1 is 1.07 bits per heavy atom. The lowest BCUT2D eigenvalue weighted by Crippen LogP contribution is -2.63. The van der Waals surface area contributed by atoms with Crippen LogP contribution in [0.1, 0.15) is 86.5 Å². The molecule has 2 aliphatic heterocycles. The highest BCUT2D eigenvalue weighted by Gasteiger charge is 2.68. The van der Waals surface area contributed by atoms with E-state index in [1.807, 2.05) is 36.3 Å². The average molecular weight is 806 g/mol. The molecule has 306 valence electrons. The van der Waals surface area contributed by atoms with Crippen molar-refractivity contribution in [2.75, 3.05) is 44.2 Å². The molecule has 0 spiro atoms. The maximum Gasteiger partial charge on any atom is 0.320 e. The molecule has 3 aliphatic carbocycles. The standard InChI is InChI=1S/C40H60N8O5.2ClH/c1-8-38(6)19-29(39(7)25(2)9-13-40(26(3)34(38)52)14-10-28(49)33(39)40)53-31(51)21-45-17-18-48(37(4,5)22-45)30(50)12-16-47-24-44-32-35(42-23-43-36(32)47)46-15-11-27(41)20-46;;/h8,23-27,29,33-34,52H,1,9-22,41H2,2-7H3;2*1H/t25-,26+,27?,29-,33-,34+,38-,39+,40+;;/m1../s1. The number of Topliss-reactive ketones (excluding diaryl/α,β-unsaturated/α-hetero) is 1. The molecule has 0 radical (unpaired) electrons. The predicted octanol–water partition coefficient (Wildman–Crippen LogP) is 4.43. The second kappa shape index (κ2) is 15.8. The third kappa shape index (κ3) is 7.30. The van der Waals surface area contributed by atoms with Crippen LogP contribution in [-0.4, -0.2) is 115 Å². The number of ether oxygens (including phenoxy) is 1. The molecule has 2 aromatic heterocycles. The Kier molecular flexibility index (Phi) is 12.5. The number of anilines is 1. The lowest BCUT2D eigenvalue weighted by Gasteiger charge is -2.61. The first-order chi connectivity index (χ1) is 25.0. The van der Waals surface area contributed by atoms with E-state index in [-0.39, 0.29) is 84.6 Å². The molecule has 1 amide bonds. The highest BCUT2D eigenvalue weighted by molar-refractivity contribution is 5.86. The molecule has 2 saturated heterocycles. The average Bonchev–Trinajstić information content (AvgIpc) is 3.84. The van der Waals surface area contributed by atoms with Gasteiger partial charge in [-0.25, -0.2) is 15.0 Å². The van der Waals surface area contributed by atoms with Gasteiger partial charge in [-0.15, -0.1) is 31.4 Å². The van der Waals surface area contributed by atoms with Crippen molar-refractivity contribution in [2.45, 2.75) is 117 Å². The van der Waals surface area contributed by atoms with Crippen LogP contribution < -0.4 is 10.6 Å². The summed E-state index contributed by atoms with van der Waals surface area (Å²) in [5.74, 6) is 0.561. The molecule has 4 heterocycles. The summed E-state index contributed by atoms with van der Waals surface area (Å²) in [6, 6.07) is 0.117. The molecule has 13 nitrogen and oxygen atoms in total. The van der Waals surface area contributed by atoms with Crippen LogP contribution in [0.3, 0.4) is 0 Å². The van der Waals surface area contributed by atoms with Crippen molar-refractivity contribution in [1.29, 1.82) is 0 Å². The normalized spacial score (nSPS) is 36.0. The number of aryl methyl sites for hydroxylation is 1. The monoisotopic (exact) mass is 804 g/mol. The number of piperazine rings is 1. The van der Waals surface area contributed by atoms with Crippen LogP contribution in [0.25, 0.3) is 11.2 Å². The number of imidazole rings is 1. The first kappa shape index (κ1) is 43.3. The lowest BCUT2D eigenvalue weighted by molar-refractivity contribution is -0.207. The Bertz CT molecular complexity index is 1780. The maximum absolute atomic E-state index is 14.0. The molecule has 0 aromatic carbocycles. The van der Waals surface area contributed by atoms with Crippen LogP contribution >= 0.6 is 24.8 Å². The molecule has 3 saturated carbocycles. The Morgan fingerprint density at radius 2 is 1.82 bits per heavy atom. The first-order valence-electron chi connectivity index (χ1n) is 19.8. The van der Waals surface area contributed by atoms with Gasteiger partial charge in [-0.05, 0) is 63.2 Å². The summed E-state index contributed by atoms with van der Waals surface area (Å²) in [5.41, 5.74) is 5.48. The summed E-state index contributed by atoms with van der Waals surface area (Å²) in [7, 11) is 0. The second-order valence-electron chi connectivity index (χ2n) is 18.2. The SMILES string of the molecule is C=C[C@]1(C)C[C@@H](OC(=O)CN2CCN(C(=O)CCn3cnc4c(N5CCC(N)C5)ncnc43)C(C)(C)C2)[C@]2(C)[C@H](C)CC[C@]3(CCC(=O)[C@@H]32)[C@@H](C)[C@@H]1O.Cl.Cl. The Balaban J connectivity index is 0.00000290. The number of aliphatic hydroxyl groups is 1. The van der Waals surface area contributed by atoms with Gasteiger partial charge in [-0.3, -0.25) is 19.3 Å². The molecule has 2 aromatic rings. The number of ketones is 1. The Hall–Kier alpha value is -2.84. The van der Waals surface area contributed by atoms with E-state index in [1.165, 1.54) is 0 Å². The molecule has 55 heavy (non-hydrogen) atoms. The van der Waals surface area contributed by atoms with Gasteiger partial charge in [0.25, 0.3) is 0 Å². The van der Waals surface area contributed by atoms with E-state index in [0.717, 1.165) is 50.1 Å². The summed E-state index contributed by atoms with van der Waals surface area (Å²) in [4.78, 5) is 61.1. The van der Waals surface area contributed by atoms with Gasteiger partial charge in [0.05, 0.1) is 19.0 Å². The van der Waals surface area contributed by atoms with Gasteiger partial charge in [0.1, 0.15) is 18.2 Å². The predicted molar refractivity (Wildman–Crippen MR) is 216 cm³/mol. The number of aliphatic hydroxyl groups excluding tert-OH is 1. The van der Waals surface area contributed by atoms with E-state index in [4.69, 9.17) is 10.5 Å². The van der Waals surface area contributed by atoms with E-state index >= 15 is 0 Å². The number of aromatic nitrogens is 4. The molecule has 2 bridgehead atoms. The van der Waals surface area contributed by atoms with E-state index < -0.39 is 28.6 Å². The molecule has 5 fully saturated rings. The minimum atomic E-state index is -0.702. The number of hydrogen-bond acceptors (Lipinski definition) is 11. The van der Waals surface area contributed by atoms with Crippen molar-refractivity contribution in [2.24, 2.45) is 39.7 Å². The van der Waals surface area contributed by atoms with Crippen molar-refractivity contribution < 1.29 is 24.2 Å². The zero-order chi connectivity index (χ0) is 38.1. The Labute approximate surface area is 338 Å². The fraction of sp³-hybridized carbons (Fsp3) is 0.750. The zero-order valence-electron chi connectivity index (χ0n) is 33.4. The van der Waals surface area contributed by atoms with Gasteiger partial charge in [0.15, 0.2) is 17.0 Å². The largest absolute Gasteiger partial charge is 0.461 e. The zero-order valence-corrected chi connectivity index (χ0v) is 35.0. The summed E-state index contributed by atoms with van der Waals surface area (Å²) >= 11 is 0. The van der Waals surface area contributed by atoms with E-state index in [1.54, 1.807) is 12.7 Å². The minimum absolute atomic E-state index is 0. The van der Waals surface area contributed by atoms with Crippen LogP contribution in [0.2, 0.25) is 0 Å². The number of nitrogens with zero attached hydrogens (tertiary/aromatic N) is 7. The quantitative estimate of drug-likeness (QED) is 0.287. The number of amides is 1. The molecule has 5 aliphatic rings. The van der Waals surface area contributed by atoms with Crippen molar-refractivity contribution in [3.8, 4) is 0 Å². The number of halogens is 2. The minimum Gasteiger partial charge on any atom is -0.461 e. The first-order valence-corrected chi connectivity index (χ1v) is 19.8. The molecular weight excluding hydrogens is 743 g/mol. The highest BCUT2D eigenvalue weighted by Crippen LogP contribution is 2.68. The summed E-state index contributed by atoms with van der Waals surface area (Å²) in [6.45, 7) is 20.3. The van der Waals surface area contributed by atoms with E-state index in [0.29, 0.717) is 44.7 Å². The van der Waals surface area contributed by atoms with Crippen LogP contribution in [0.15, 0.2) is 25.3 Å². The molecule has 1 unspecified atom stereocenters. The highest BCUT2D eigenvalue weighted by atomic mass is 35.5. The summed E-state index contributed by atoms with van der Waals surface area (Å²) in [5, 5.41) is 11.9. The third-order valence-electron chi connectivity index (χ3n) is 14.7. The van der Waals surface area contributed by atoms with Crippen molar-refractivity contribution in [3.05, 3.63) is 25.3 Å². The Morgan fingerprint density at radius 3 is 2.49 bits per heavy atom. The van der Waals surface area contributed by atoms with Crippen LogP contribution in [0, 0.1) is 34.0 Å². The number of rotatable bonds is 8. The fourth-order valence-corrected chi connectivity index (χ4v) is 11.3. The van der Waals surface area contributed by atoms with Gasteiger partial charge in [-0.2, -0.15) is 0 Å². The number of esters is 1. The lowest BCUT2D eigenvalue weighted by atomic mass is 9.44. The number of carbonyl (C=O) groups is 3. The third-order valence-corrected chi connectivity index (χ3v) is 14.7. The topological polar surface area (TPSA) is 160 Å². The molecule has 7 rings (SSSR count). The van der Waals surface area contributed by atoms with E-state index in [2.05, 4.69) is 52.1 Å². The second-order valence-corrected chi connectivity index (χ2v) is 18.2. The summed E-state index contributed by atoms with van der Waals surface area (Å²) in [6.07, 6.45) is 8.57. The number of hydrogen-bond donors (Lipinski definition) is 2. The van der Waals surface area contributed by atoms with E-state index in [9.17, 15) is 19.5 Å². The van der Waals surface area contributed by atoms with Crippen LogP contribution in [0.4, 0.5) is 5.82 Å². The molecule has 15 heteroatoms. The van der Waals surface area contributed by atoms with Crippen molar-refractivity contribution in [3.63, 3.8) is 0 Å². The van der Waals surface area contributed by atoms with Crippen molar-refractivity contribution in [1.82, 2.24) is 29.3 Å². The van der Waals surface area contributed by atoms with Gasteiger partial charge in [0, 0.05) is 80.4 Å². The van der Waals surface area contributed by atoms with Gasteiger partial charge < -0.3 is 29.9 Å². The maximum atomic E-state index is 14.0. The fourth-order valence-electron chi connectivity index (χ4n) is 11.3. The number of fused-ring (bicyclic) bond motifs is 1. The van der Waals surface area contributed by atoms with Crippen molar-refractivity contribution >= 4 is 59.5 Å². The molecule has 9 atom stereocenters. The van der Waals surface area contributed by atoms with Crippen LogP contribution in [0.5, 0.6) is 0 Å². The van der Waals surface area contributed by atoms with Gasteiger partial charge in [-0.1, -0.05) is 33.8 Å². The van der Waals surface area contributed by atoms with Gasteiger partial charge in [0.2, 0.25) is 5.91 Å². The van der Waals surface area contributed by atoms with Crippen LogP contribution in [-0.2, 0) is 25.7 Å². The van der Waals surface area contributed by atoms with Gasteiger partial charge >= 0.3 is 5.97 Å². The molecule has 3 N–H and O–H groups in total. The smallest absolute Gasteiger partial charge is 0.320 e. The summed E-state index contributed by atoms with van der Waals surface area (Å²) < 4.78 is 8.44. The number of nitrogens with two attached hydrogens (primary N) is 1. The number of carbonyl (C=O) groups excluding carboxylic acids is 3.